The van der Waals surface area contributed by atoms with Crippen molar-refractivity contribution in [3.63, 3.8) is 0 Å². The van der Waals surface area contributed by atoms with Gasteiger partial charge in [0.05, 0.1) is 23.7 Å². The maximum absolute atomic E-state index is 9.73. The van der Waals surface area contributed by atoms with Crippen LogP contribution in [-0.4, -0.2) is 29.2 Å². The number of aromatic nitrogens is 2. The molecule has 0 saturated carbocycles. The summed E-state index contributed by atoms with van der Waals surface area (Å²) in [7, 11) is 0. The molecule has 0 unspecified atom stereocenters. The number of fused-ring (bicyclic) bond motifs is 5. The molecule has 1 aromatic rings. The van der Waals surface area contributed by atoms with Crippen LogP contribution in [0.4, 0.5) is 0 Å². The Morgan fingerprint density at radius 1 is 1.52 bits per heavy atom. The standard InChI is InChI=1S/C16H20N4O3/c1-2-3-4-11-12-14(20-19-11)23-13(18)10(7-17)16(12)6-5-9-8-21-15(16)22-9/h9,15H,2-6,8,18H2,1H3,(H,19,20)/t9-,15-,16+/m0/s1. The minimum absolute atomic E-state index is 0.101. The lowest BCUT2D eigenvalue weighted by Crippen LogP contribution is -2.48. The number of hydrogen-bond donors (Lipinski definition) is 2. The number of aryl methyl sites for hydroxylation is 1. The minimum Gasteiger partial charge on any atom is -0.420 e. The van der Waals surface area contributed by atoms with Crippen LogP contribution in [-0.2, 0) is 21.3 Å². The van der Waals surface area contributed by atoms with Gasteiger partial charge in [0.1, 0.15) is 11.6 Å². The Labute approximate surface area is 134 Å². The summed E-state index contributed by atoms with van der Waals surface area (Å²) in [6.45, 7) is 2.70. The second-order valence-corrected chi connectivity index (χ2v) is 6.37. The Hall–Kier alpha value is -2.04. The number of H-pyrrole nitrogens is 1. The number of unbranched alkanes of at least 4 members (excludes halogenated alkanes) is 1. The van der Waals surface area contributed by atoms with Gasteiger partial charge in [0, 0.05) is 5.69 Å². The van der Waals surface area contributed by atoms with E-state index < -0.39 is 11.7 Å². The van der Waals surface area contributed by atoms with E-state index in [1.54, 1.807) is 0 Å². The highest BCUT2D eigenvalue weighted by Crippen LogP contribution is 2.54. The first-order chi connectivity index (χ1) is 11.2. The molecule has 3 atom stereocenters. The monoisotopic (exact) mass is 316 g/mol. The van der Waals surface area contributed by atoms with Gasteiger partial charge in [0.15, 0.2) is 6.29 Å². The predicted molar refractivity (Wildman–Crippen MR) is 80.2 cm³/mol. The van der Waals surface area contributed by atoms with Crippen LogP contribution in [0.15, 0.2) is 11.5 Å². The summed E-state index contributed by atoms with van der Waals surface area (Å²) in [5.74, 6) is 0.552. The number of nitrogens with one attached hydrogen (secondary N) is 1. The smallest absolute Gasteiger partial charge is 0.244 e. The lowest BCUT2D eigenvalue weighted by Gasteiger charge is -2.42. The summed E-state index contributed by atoms with van der Waals surface area (Å²) in [5, 5.41) is 17.1. The Bertz CT molecular complexity index is 705. The Kier molecular flexibility index (Phi) is 3.32. The third-order valence-corrected chi connectivity index (χ3v) is 5.06. The summed E-state index contributed by atoms with van der Waals surface area (Å²) in [5.41, 5.74) is 7.58. The van der Waals surface area contributed by atoms with Gasteiger partial charge in [0.2, 0.25) is 11.8 Å². The third-order valence-electron chi connectivity index (χ3n) is 5.06. The van der Waals surface area contributed by atoms with Crippen LogP contribution in [0.3, 0.4) is 0 Å². The maximum Gasteiger partial charge on any atom is 0.244 e. The zero-order valence-corrected chi connectivity index (χ0v) is 13.1. The molecular formula is C16H20N4O3. The van der Waals surface area contributed by atoms with E-state index >= 15 is 0 Å². The van der Waals surface area contributed by atoms with Crippen LogP contribution in [0, 0.1) is 11.3 Å². The second-order valence-electron chi connectivity index (χ2n) is 6.37. The van der Waals surface area contributed by atoms with Crippen molar-refractivity contribution in [2.24, 2.45) is 5.73 Å². The van der Waals surface area contributed by atoms with Crippen molar-refractivity contribution in [2.75, 3.05) is 6.61 Å². The van der Waals surface area contributed by atoms with Crippen molar-refractivity contribution >= 4 is 0 Å². The van der Waals surface area contributed by atoms with Crippen molar-refractivity contribution in [1.29, 1.82) is 5.26 Å². The van der Waals surface area contributed by atoms with E-state index in [9.17, 15) is 5.26 Å². The molecule has 4 heterocycles. The molecule has 2 saturated heterocycles. The van der Waals surface area contributed by atoms with Gasteiger partial charge in [-0.25, -0.2) is 0 Å². The van der Waals surface area contributed by atoms with Crippen LogP contribution in [0.1, 0.15) is 43.9 Å². The van der Waals surface area contributed by atoms with Crippen LogP contribution in [0.25, 0.3) is 0 Å². The normalized spacial score (nSPS) is 31.8. The molecule has 7 heteroatoms. The lowest BCUT2D eigenvalue weighted by molar-refractivity contribution is -0.126. The zero-order chi connectivity index (χ0) is 16.0. The van der Waals surface area contributed by atoms with Crippen LogP contribution in [0.5, 0.6) is 5.88 Å². The molecule has 0 radical (unpaired) electrons. The van der Waals surface area contributed by atoms with Gasteiger partial charge >= 0.3 is 0 Å². The average Bonchev–Trinajstić information content (AvgIpc) is 3.14. The molecule has 3 N–H and O–H groups in total. The number of nitriles is 1. The van der Waals surface area contributed by atoms with Gasteiger partial charge < -0.3 is 19.9 Å². The van der Waals surface area contributed by atoms with Crippen molar-refractivity contribution in [1.82, 2.24) is 10.2 Å². The Morgan fingerprint density at radius 3 is 3.17 bits per heavy atom. The SMILES string of the molecule is CCCCc1[nH]nc2c1[C@@]1(CC[C@H]3CO[C@H]1O3)C(C#N)=C(N)O2. The molecule has 23 heavy (non-hydrogen) atoms. The van der Waals surface area contributed by atoms with Crippen LogP contribution < -0.4 is 10.5 Å². The quantitative estimate of drug-likeness (QED) is 0.877. The topological polar surface area (TPSA) is 106 Å². The average molecular weight is 316 g/mol. The first-order valence-electron chi connectivity index (χ1n) is 8.13. The van der Waals surface area contributed by atoms with Gasteiger partial charge in [-0.2, -0.15) is 5.26 Å². The first-order valence-corrected chi connectivity index (χ1v) is 8.13. The molecule has 0 amide bonds. The summed E-state index contributed by atoms with van der Waals surface area (Å²) < 4.78 is 17.5. The molecule has 1 aromatic heterocycles. The van der Waals surface area contributed by atoms with Crippen LogP contribution >= 0.6 is 0 Å². The second kappa shape index (κ2) is 5.25. The third kappa shape index (κ3) is 1.92. The minimum atomic E-state index is -0.713. The molecule has 2 bridgehead atoms. The number of nitrogens with zero attached hydrogens (tertiary/aromatic N) is 2. The number of nitrogens with two attached hydrogens (primary N) is 1. The lowest BCUT2D eigenvalue weighted by atomic mass is 9.68. The molecule has 122 valence electrons. The van der Waals surface area contributed by atoms with Crippen molar-refractivity contribution in [2.45, 2.75) is 56.8 Å². The van der Waals surface area contributed by atoms with E-state index in [1.807, 2.05) is 0 Å². The van der Waals surface area contributed by atoms with Gasteiger partial charge in [-0.15, -0.1) is 5.10 Å². The molecule has 1 spiro atoms. The Balaban J connectivity index is 1.89. The zero-order valence-electron chi connectivity index (χ0n) is 13.1. The maximum atomic E-state index is 9.73. The first kappa shape index (κ1) is 14.5. The van der Waals surface area contributed by atoms with E-state index in [1.165, 1.54) is 0 Å². The van der Waals surface area contributed by atoms with Crippen molar-refractivity contribution < 1.29 is 14.2 Å². The molecule has 0 aliphatic carbocycles. The number of ether oxygens (including phenoxy) is 3. The van der Waals surface area contributed by atoms with Gasteiger partial charge in [-0.1, -0.05) is 13.3 Å². The molecular weight excluding hydrogens is 296 g/mol. The van der Waals surface area contributed by atoms with Gasteiger partial charge in [-0.3, -0.25) is 5.10 Å². The predicted octanol–water partition coefficient (Wildman–Crippen LogP) is 1.61. The van der Waals surface area contributed by atoms with E-state index in [-0.39, 0.29) is 12.0 Å². The van der Waals surface area contributed by atoms with Gasteiger partial charge in [0.25, 0.3) is 0 Å². The molecule has 3 aliphatic heterocycles. The van der Waals surface area contributed by atoms with Crippen molar-refractivity contribution in [3.05, 3.63) is 22.7 Å². The fourth-order valence-corrected chi connectivity index (χ4v) is 3.93. The van der Waals surface area contributed by atoms with E-state index in [0.717, 1.165) is 43.4 Å². The number of rotatable bonds is 3. The van der Waals surface area contributed by atoms with Crippen molar-refractivity contribution in [3.8, 4) is 11.9 Å². The van der Waals surface area contributed by atoms with Gasteiger partial charge in [-0.05, 0) is 25.7 Å². The summed E-state index contributed by atoms with van der Waals surface area (Å²) in [6.07, 6.45) is 4.12. The highest BCUT2D eigenvalue weighted by molar-refractivity contribution is 5.55. The fourth-order valence-electron chi connectivity index (χ4n) is 3.93. The highest BCUT2D eigenvalue weighted by Gasteiger charge is 2.58. The molecule has 2 fully saturated rings. The number of hydrogen-bond acceptors (Lipinski definition) is 6. The van der Waals surface area contributed by atoms with E-state index in [4.69, 9.17) is 19.9 Å². The number of aromatic amines is 1. The summed E-state index contributed by atoms with van der Waals surface area (Å²) in [4.78, 5) is 0. The molecule has 0 aromatic carbocycles. The van der Waals surface area contributed by atoms with E-state index in [2.05, 4.69) is 23.2 Å². The largest absolute Gasteiger partial charge is 0.420 e. The molecule has 7 nitrogen and oxygen atoms in total. The van der Waals surface area contributed by atoms with Crippen LogP contribution in [0.2, 0.25) is 0 Å². The Morgan fingerprint density at radius 2 is 2.39 bits per heavy atom. The fraction of sp³-hybridized carbons (Fsp3) is 0.625. The van der Waals surface area contributed by atoms with E-state index in [0.29, 0.717) is 18.1 Å². The summed E-state index contributed by atoms with van der Waals surface area (Å²) in [6, 6.07) is 2.24. The molecule has 3 aliphatic rings. The molecule has 4 rings (SSSR count). The summed E-state index contributed by atoms with van der Waals surface area (Å²) >= 11 is 0. The highest BCUT2D eigenvalue weighted by atomic mass is 16.7.